The van der Waals surface area contributed by atoms with Gasteiger partial charge in [0.1, 0.15) is 5.82 Å². The van der Waals surface area contributed by atoms with Crippen molar-refractivity contribution in [1.29, 1.82) is 0 Å². The number of urea groups is 1. The molecule has 0 bridgehead atoms. The van der Waals surface area contributed by atoms with E-state index in [0.29, 0.717) is 30.0 Å². The minimum absolute atomic E-state index is 0.00581. The molecule has 0 aromatic heterocycles. The number of nitrogens with two attached hydrogens (primary N) is 1. The van der Waals surface area contributed by atoms with E-state index in [1.807, 2.05) is 20.8 Å². The molecule has 0 saturated heterocycles. The third kappa shape index (κ3) is 5.68. The molecule has 1 aliphatic heterocycles. The van der Waals surface area contributed by atoms with Crippen molar-refractivity contribution < 1.29 is 28.2 Å². The Morgan fingerprint density at radius 3 is 2.30 bits per heavy atom. The van der Waals surface area contributed by atoms with Gasteiger partial charge in [0.05, 0.1) is 18.2 Å². The van der Waals surface area contributed by atoms with Crippen molar-refractivity contribution in [2.75, 3.05) is 30.0 Å². The van der Waals surface area contributed by atoms with E-state index in [0.717, 1.165) is 11.6 Å². The van der Waals surface area contributed by atoms with Gasteiger partial charge in [-0.15, -0.1) is 0 Å². The van der Waals surface area contributed by atoms with Crippen LogP contribution < -0.4 is 21.3 Å². The molecule has 4 rings (SSSR count). The first kappa shape index (κ1) is 28.7. The van der Waals surface area contributed by atoms with Crippen LogP contribution in [0, 0.1) is 12.7 Å². The molecule has 1 aliphatic rings. The van der Waals surface area contributed by atoms with Crippen LogP contribution in [-0.2, 0) is 24.6 Å². The second-order valence-electron chi connectivity index (χ2n) is 9.42. The number of halogens is 1. The van der Waals surface area contributed by atoms with Gasteiger partial charge in [0.25, 0.3) is 5.91 Å². The van der Waals surface area contributed by atoms with Gasteiger partial charge in [0.15, 0.2) is 11.8 Å². The third-order valence-electron chi connectivity index (χ3n) is 6.76. The Morgan fingerprint density at radius 1 is 1.00 bits per heavy atom. The number of nitrogens with zero attached hydrogens (tertiary/aromatic N) is 1. The smallest absolute Gasteiger partial charge is 0.320 e. The standard InChI is InChI=1S/C30H33FN4O5/c1-4-39-25(40-5-2)18-35-24-12-7-6-11-23(24)30(28(35)37,26(27(32)36)20-15-13-19(3)14-16-20)34-29(38)33-22-10-8-9-21(31)17-22/h6-17,25-26H,4-5,18H2,1-3H3,(H2,32,36)(H2,33,34,38). The van der Waals surface area contributed by atoms with Crippen LogP contribution in [0.5, 0.6) is 0 Å². The van der Waals surface area contributed by atoms with E-state index in [1.54, 1.807) is 48.5 Å². The van der Waals surface area contributed by atoms with Gasteiger partial charge in [-0.2, -0.15) is 0 Å². The van der Waals surface area contributed by atoms with Gasteiger partial charge >= 0.3 is 6.03 Å². The van der Waals surface area contributed by atoms with Gasteiger partial charge in [0.2, 0.25) is 5.91 Å². The van der Waals surface area contributed by atoms with Crippen LogP contribution in [-0.4, -0.2) is 43.9 Å². The first-order valence-electron chi connectivity index (χ1n) is 13.1. The van der Waals surface area contributed by atoms with Crippen molar-refractivity contribution >= 4 is 29.2 Å². The molecule has 2 atom stereocenters. The SMILES string of the molecule is CCOC(CN1C(=O)C(NC(=O)Nc2cccc(F)c2)(C(C(N)=O)c2ccc(C)cc2)c2ccccc21)OCC. The number of hydrogen-bond acceptors (Lipinski definition) is 5. The topological polar surface area (TPSA) is 123 Å². The maximum atomic E-state index is 14.6. The fourth-order valence-corrected chi connectivity index (χ4v) is 5.10. The Hall–Kier alpha value is -4.28. The Kier molecular flexibility index (Phi) is 8.81. The number of benzene rings is 3. The third-order valence-corrected chi connectivity index (χ3v) is 6.76. The van der Waals surface area contributed by atoms with Crippen LogP contribution in [0.25, 0.3) is 0 Å². The lowest BCUT2D eigenvalue weighted by Crippen LogP contribution is -2.60. The van der Waals surface area contributed by atoms with E-state index >= 15 is 0 Å². The fraction of sp³-hybridized carbons (Fsp3) is 0.300. The molecular weight excluding hydrogens is 515 g/mol. The Labute approximate surface area is 232 Å². The van der Waals surface area contributed by atoms with Gasteiger partial charge in [-0.25, -0.2) is 9.18 Å². The maximum absolute atomic E-state index is 14.6. The molecule has 2 unspecified atom stereocenters. The molecule has 9 nitrogen and oxygen atoms in total. The van der Waals surface area contributed by atoms with Crippen LogP contribution in [0.4, 0.5) is 20.6 Å². The summed E-state index contributed by atoms with van der Waals surface area (Å²) in [4.78, 5) is 42.7. The number of primary amides is 1. The van der Waals surface area contributed by atoms with Gasteiger partial charge in [-0.3, -0.25) is 9.59 Å². The van der Waals surface area contributed by atoms with Crippen LogP contribution in [0.2, 0.25) is 0 Å². The molecule has 0 radical (unpaired) electrons. The zero-order valence-electron chi connectivity index (χ0n) is 22.6. The molecule has 10 heteroatoms. The van der Waals surface area contributed by atoms with Crippen molar-refractivity contribution in [3.8, 4) is 0 Å². The summed E-state index contributed by atoms with van der Waals surface area (Å²) in [7, 11) is 0. The number of ether oxygens (including phenoxy) is 2. The summed E-state index contributed by atoms with van der Waals surface area (Å²) in [6.45, 7) is 6.22. The number of anilines is 2. The first-order chi connectivity index (χ1) is 19.2. The summed E-state index contributed by atoms with van der Waals surface area (Å²) in [5, 5.41) is 5.36. The van der Waals surface area contributed by atoms with Gasteiger partial charge in [0, 0.05) is 24.5 Å². The number of carbonyl (C=O) groups excluding carboxylic acids is 3. The maximum Gasteiger partial charge on any atom is 0.320 e. The summed E-state index contributed by atoms with van der Waals surface area (Å²) < 4.78 is 25.2. The molecule has 1 heterocycles. The molecule has 0 aliphatic carbocycles. The number of rotatable bonds is 11. The van der Waals surface area contributed by atoms with Crippen molar-refractivity contribution in [3.05, 3.63) is 95.3 Å². The molecule has 4 amide bonds. The zero-order valence-corrected chi connectivity index (χ0v) is 22.6. The highest BCUT2D eigenvalue weighted by atomic mass is 19.1. The number of fused-ring (bicyclic) bond motifs is 1. The minimum atomic E-state index is -1.93. The summed E-state index contributed by atoms with van der Waals surface area (Å²) in [5.74, 6) is -3.24. The highest BCUT2D eigenvalue weighted by Gasteiger charge is 2.59. The Morgan fingerprint density at radius 2 is 1.68 bits per heavy atom. The summed E-state index contributed by atoms with van der Waals surface area (Å²) >= 11 is 0. The van der Waals surface area contributed by atoms with Crippen LogP contribution >= 0.6 is 0 Å². The molecule has 40 heavy (non-hydrogen) atoms. The largest absolute Gasteiger partial charge is 0.369 e. The Balaban J connectivity index is 1.86. The second-order valence-corrected chi connectivity index (χ2v) is 9.42. The second kappa shape index (κ2) is 12.3. The number of carbonyl (C=O) groups is 3. The average molecular weight is 549 g/mol. The lowest BCUT2D eigenvalue weighted by atomic mass is 9.74. The predicted molar refractivity (Wildman–Crippen MR) is 149 cm³/mol. The van der Waals surface area contributed by atoms with Crippen LogP contribution in [0.3, 0.4) is 0 Å². The molecule has 3 aromatic rings. The number of hydrogen-bond donors (Lipinski definition) is 3. The minimum Gasteiger partial charge on any atom is -0.369 e. The summed E-state index contributed by atoms with van der Waals surface area (Å²) in [6, 6.07) is 18.4. The van der Waals surface area contributed by atoms with E-state index in [2.05, 4.69) is 10.6 Å². The number of amides is 4. The highest BCUT2D eigenvalue weighted by Crippen LogP contribution is 2.48. The lowest BCUT2D eigenvalue weighted by Gasteiger charge is -2.36. The van der Waals surface area contributed by atoms with E-state index in [4.69, 9.17) is 15.2 Å². The Bertz CT molecular complexity index is 1380. The molecule has 3 aromatic carbocycles. The molecule has 0 fully saturated rings. The first-order valence-corrected chi connectivity index (χ1v) is 13.1. The highest BCUT2D eigenvalue weighted by molar-refractivity contribution is 6.13. The number of para-hydroxylation sites is 1. The zero-order chi connectivity index (χ0) is 28.9. The van der Waals surface area contributed by atoms with E-state index in [9.17, 15) is 18.8 Å². The van der Waals surface area contributed by atoms with E-state index in [-0.39, 0.29) is 12.2 Å². The molecule has 210 valence electrons. The monoisotopic (exact) mass is 548 g/mol. The molecular formula is C30H33FN4O5. The van der Waals surface area contributed by atoms with Crippen molar-refractivity contribution in [1.82, 2.24) is 5.32 Å². The van der Waals surface area contributed by atoms with Gasteiger partial charge < -0.3 is 30.7 Å². The quantitative estimate of drug-likeness (QED) is 0.311. The van der Waals surface area contributed by atoms with Gasteiger partial charge in [-0.05, 0) is 50.6 Å². The average Bonchev–Trinajstić information content (AvgIpc) is 3.13. The van der Waals surface area contributed by atoms with E-state index in [1.165, 1.54) is 23.1 Å². The number of nitrogens with one attached hydrogen (secondary N) is 2. The molecule has 4 N–H and O–H groups in total. The van der Waals surface area contributed by atoms with Gasteiger partial charge in [-0.1, -0.05) is 54.1 Å². The normalized spacial score (nSPS) is 17.0. The number of aryl methyl sites for hydroxylation is 1. The molecule has 0 spiro atoms. The van der Waals surface area contributed by atoms with E-state index < -0.39 is 41.4 Å². The van der Waals surface area contributed by atoms with Crippen molar-refractivity contribution in [3.63, 3.8) is 0 Å². The summed E-state index contributed by atoms with van der Waals surface area (Å²) in [6.07, 6.45) is -0.754. The fourth-order valence-electron chi connectivity index (χ4n) is 5.10. The van der Waals surface area contributed by atoms with Crippen LogP contribution in [0.15, 0.2) is 72.8 Å². The predicted octanol–water partition coefficient (Wildman–Crippen LogP) is 4.17. The van der Waals surface area contributed by atoms with Crippen molar-refractivity contribution in [2.45, 2.75) is 38.5 Å². The molecule has 0 saturated carbocycles. The lowest BCUT2D eigenvalue weighted by molar-refractivity contribution is -0.139. The summed E-state index contributed by atoms with van der Waals surface area (Å²) in [5.41, 5.74) is 6.47. The van der Waals surface area contributed by atoms with Crippen molar-refractivity contribution in [2.24, 2.45) is 5.73 Å². The van der Waals surface area contributed by atoms with Crippen LogP contribution in [0.1, 0.15) is 36.5 Å².